The van der Waals surface area contributed by atoms with Gasteiger partial charge in [-0.15, -0.1) is 5.11 Å². The number of imidazole rings is 1. The topological polar surface area (TPSA) is 66.1 Å². The van der Waals surface area contributed by atoms with Crippen LogP contribution in [-0.4, -0.2) is 51.9 Å². The van der Waals surface area contributed by atoms with Crippen molar-refractivity contribution in [3.05, 3.63) is 41.9 Å². The van der Waals surface area contributed by atoms with Gasteiger partial charge in [-0.3, -0.25) is 5.01 Å². The van der Waals surface area contributed by atoms with Gasteiger partial charge in [0.25, 0.3) is 0 Å². The van der Waals surface area contributed by atoms with E-state index in [2.05, 4.69) is 51.9 Å². The first-order valence-corrected chi connectivity index (χ1v) is 10.7. The Bertz CT molecular complexity index is 909. The van der Waals surface area contributed by atoms with Crippen molar-refractivity contribution in [1.29, 1.82) is 0 Å². The van der Waals surface area contributed by atoms with Gasteiger partial charge in [0.15, 0.2) is 0 Å². The first-order valence-electron chi connectivity index (χ1n) is 10.7. The summed E-state index contributed by atoms with van der Waals surface area (Å²) >= 11 is 0. The second-order valence-electron chi connectivity index (χ2n) is 8.23. The lowest BCUT2D eigenvalue weighted by Crippen LogP contribution is -2.31. The number of likely N-dealkylation sites (tertiary alicyclic amines) is 1. The number of fused-ring (bicyclic) bond motifs is 1. The highest BCUT2D eigenvalue weighted by Gasteiger charge is 2.31. The Labute approximate surface area is 172 Å². The summed E-state index contributed by atoms with van der Waals surface area (Å²) in [5.41, 5.74) is 3.06. The molecule has 2 aromatic rings. The molecule has 7 heteroatoms. The van der Waals surface area contributed by atoms with Crippen LogP contribution in [0.15, 0.2) is 46.4 Å². The first kappa shape index (κ1) is 19.8. The molecule has 154 valence electrons. The number of nitrogens with zero attached hydrogens (tertiary/aromatic N) is 6. The summed E-state index contributed by atoms with van der Waals surface area (Å²) < 4.78 is 2.38. The van der Waals surface area contributed by atoms with Crippen LogP contribution in [0, 0.1) is 5.92 Å². The summed E-state index contributed by atoms with van der Waals surface area (Å²) in [6.45, 7) is 9.39. The normalized spacial score (nSPS) is 19.8. The highest BCUT2D eigenvalue weighted by Crippen LogP contribution is 2.34. The van der Waals surface area contributed by atoms with Gasteiger partial charge in [-0.2, -0.15) is 0 Å². The maximum Gasteiger partial charge on any atom is 0.134 e. The number of benzene rings is 1. The first-order chi connectivity index (χ1) is 14.2. The predicted octanol–water partition coefficient (Wildman–Crippen LogP) is 3.98. The number of rotatable bonds is 8. The van der Waals surface area contributed by atoms with E-state index >= 15 is 0 Å². The average Bonchev–Trinajstić information content (AvgIpc) is 3.45. The molecule has 0 spiro atoms. The van der Waals surface area contributed by atoms with Crippen molar-refractivity contribution >= 4 is 17.3 Å². The van der Waals surface area contributed by atoms with E-state index in [0.29, 0.717) is 18.9 Å². The van der Waals surface area contributed by atoms with Crippen LogP contribution < -0.4 is 0 Å². The Balaban J connectivity index is 1.65. The van der Waals surface area contributed by atoms with E-state index in [-0.39, 0.29) is 6.04 Å². The van der Waals surface area contributed by atoms with E-state index < -0.39 is 0 Å². The molecule has 7 nitrogen and oxygen atoms in total. The molecule has 1 aromatic heterocycles. The summed E-state index contributed by atoms with van der Waals surface area (Å²) in [5, 5.41) is 10.7. The molecule has 0 bridgehead atoms. The van der Waals surface area contributed by atoms with Gasteiger partial charge in [0.05, 0.1) is 23.3 Å². The van der Waals surface area contributed by atoms with E-state index in [1.807, 2.05) is 17.2 Å². The molecule has 0 radical (unpaired) electrons. The Morgan fingerprint density at radius 2 is 1.93 bits per heavy atom. The summed E-state index contributed by atoms with van der Waals surface area (Å²) in [4.78, 5) is 18.3. The van der Waals surface area contributed by atoms with Crippen molar-refractivity contribution in [2.75, 3.05) is 26.2 Å². The third kappa shape index (κ3) is 4.24. The highest BCUT2D eigenvalue weighted by atomic mass is 16.1. The van der Waals surface area contributed by atoms with E-state index in [9.17, 15) is 4.79 Å². The largest absolute Gasteiger partial charge is 0.325 e. The van der Waals surface area contributed by atoms with E-state index in [0.717, 1.165) is 36.4 Å². The summed E-state index contributed by atoms with van der Waals surface area (Å²) in [7, 11) is 0. The third-order valence-corrected chi connectivity index (χ3v) is 5.80. The monoisotopic (exact) mass is 394 g/mol. The Morgan fingerprint density at radius 3 is 2.69 bits per heavy atom. The number of hydrogen-bond acceptors (Lipinski definition) is 6. The molecule has 1 unspecified atom stereocenters. The van der Waals surface area contributed by atoms with Gasteiger partial charge in [-0.1, -0.05) is 37.3 Å². The lowest BCUT2D eigenvalue weighted by molar-refractivity contribution is -0.107. The van der Waals surface area contributed by atoms with Crippen molar-refractivity contribution in [1.82, 2.24) is 19.5 Å². The Hall–Kier alpha value is -2.54. The number of carbonyl (C=O) groups is 1. The van der Waals surface area contributed by atoms with Gasteiger partial charge in [-0.05, 0) is 44.0 Å². The molecule has 2 aliphatic rings. The van der Waals surface area contributed by atoms with E-state index in [1.165, 1.54) is 31.4 Å². The molecule has 1 fully saturated rings. The van der Waals surface area contributed by atoms with Crippen LogP contribution in [0.25, 0.3) is 11.0 Å². The number of aromatic nitrogens is 2. The van der Waals surface area contributed by atoms with Gasteiger partial charge in [0, 0.05) is 19.5 Å². The standard InChI is InChI=1S/C22H30N6O/c1-17(2)21(28-16-18(24-25-28)8-7-15-29)22-23-19-9-3-4-10-20(19)27(22)14-13-26-11-5-6-12-26/h3-4,8-10,15,17,21H,5-7,11-14,16H2,1-2H3/b18-8-. The van der Waals surface area contributed by atoms with Gasteiger partial charge >= 0.3 is 0 Å². The van der Waals surface area contributed by atoms with Crippen molar-refractivity contribution in [3.8, 4) is 0 Å². The van der Waals surface area contributed by atoms with Crippen LogP contribution in [-0.2, 0) is 11.3 Å². The zero-order valence-corrected chi connectivity index (χ0v) is 17.4. The summed E-state index contributed by atoms with van der Waals surface area (Å²) in [6, 6.07) is 8.41. The molecule has 0 amide bonds. The van der Waals surface area contributed by atoms with Crippen LogP contribution in [0.5, 0.6) is 0 Å². The molecule has 0 N–H and O–H groups in total. The van der Waals surface area contributed by atoms with Crippen molar-refractivity contribution in [3.63, 3.8) is 0 Å². The zero-order chi connectivity index (χ0) is 20.2. The molecule has 2 aliphatic heterocycles. The molecular formula is C22H30N6O. The fourth-order valence-corrected chi connectivity index (χ4v) is 4.37. The number of aldehydes is 1. The molecule has 4 rings (SSSR count). The van der Waals surface area contributed by atoms with Crippen LogP contribution in [0.3, 0.4) is 0 Å². The maximum absolute atomic E-state index is 10.7. The summed E-state index contributed by atoms with van der Waals surface area (Å²) in [6.07, 6.45) is 5.72. The van der Waals surface area contributed by atoms with Crippen molar-refractivity contribution in [2.24, 2.45) is 16.3 Å². The van der Waals surface area contributed by atoms with Crippen LogP contribution >= 0.6 is 0 Å². The molecule has 1 saturated heterocycles. The minimum absolute atomic E-state index is 0.0341. The molecule has 1 aromatic carbocycles. The minimum atomic E-state index is 0.0341. The zero-order valence-electron chi connectivity index (χ0n) is 17.4. The lowest BCUT2D eigenvalue weighted by Gasteiger charge is -2.29. The third-order valence-electron chi connectivity index (χ3n) is 5.80. The SMILES string of the molecule is CC(C)C(c1nc2ccccc2n1CCN1CCCC1)N1C/C(=C/CC=O)N=N1. The number of allylic oxidation sites excluding steroid dienone is 1. The fourth-order valence-electron chi connectivity index (χ4n) is 4.37. The fraction of sp³-hybridized carbons (Fsp3) is 0.545. The number of hydrogen-bond donors (Lipinski definition) is 0. The molecule has 29 heavy (non-hydrogen) atoms. The van der Waals surface area contributed by atoms with Crippen LogP contribution in [0.4, 0.5) is 0 Å². The quantitative estimate of drug-likeness (QED) is 0.635. The molecule has 1 atom stereocenters. The van der Waals surface area contributed by atoms with Crippen molar-refractivity contribution in [2.45, 2.75) is 45.7 Å². The summed E-state index contributed by atoms with van der Waals surface area (Å²) in [5.74, 6) is 1.37. The van der Waals surface area contributed by atoms with Crippen LogP contribution in [0.1, 0.15) is 45.0 Å². The lowest BCUT2D eigenvalue weighted by atomic mass is 10.0. The van der Waals surface area contributed by atoms with Gasteiger partial charge in [0.1, 0.15) is 18.2 Å². The predicted molar refractivity (Wildman–Crippen MR) is 113 cm³/mol. The van der Waals surface area contributed by atoms with Crippen molar-refractivity contribution < 1.29 is 4.79 Å². The van der Waals surface area contributed by atoms with E-state index in [4.69, 9.17) is 4.98 Å². The molecule has 0 aliphatic carbocycles. The number of para-hydroxylation sites is 2. The van der Waals surface area contributed by atoms with Gasteiger partial charge in [0.2, 0.25) is 0 Å². The molecule has 0 saturated carbocycles. The molecule has 3 heterocycles. The van der Waals surface area contributed by atoms with Gasteiger partial charge in [-0.25, -0.2) is 4.98 Å². The molecular weight excluding hydrogens is 364 g/mol. The second-order valence-corrected chi connectivity index (χ2v) is 8.23. The highest BCUT2D eigenvalue weighted by molar-refractivity contribution is 5.76. The Kier molecular flexibility index (Phi) is 6.04. The number of carbonyl (C=O) groups excluding carboxylic acids is 1. The smallest absolute Gasteiger partial charge is 0.134 e. The Morgan fingerprint density at radius 1 is 1.14 bits per heavy atom. The van der Waals surface area contributed by atoms with Crippen LogP contribution in [0.2, 0.25) is 0 Å². The van der Waals surface area contributed by atoms with Gasteiger partial charge < -0.3 is 14.3 Å². The van der Waals surface area contributed by atoms with E-state index in [1.54, 1.807) is 0 Å². The maximum atomic E-state index is 10.7. The average molecular weight is 395 g/mol. The minimum Gasteiger partial charge on any atom is -0.325 e. The second kappa shape index (κ2) is 8.86.